The summed E-state index contributed by atoms with van der Waals surface area (Å²) in [5.41, 5.74) is 2.82. The number of rotatable bonds is 4. The van der Waals surface area contributed by atoms with Crippen LogP contribution in [0.5, 0.6) is 0 Å². The fourth-order valence-corrected chi connectivity index (χ4v) is 3.40. The highest BCUT2D eigenvalue weighted by Gasteiger charge is 2.19. The van der Waals surface area contributed by atoms with E-state index in [1.807, 2.05) is 13.8 Å². The predicted octanol–water partition coefficient (Wildman–Crippen LogP) is 4.14. The van der Waals surface area contributed by atoms with Crippen molar-refractivity contribution in [1.82, 2.24) is 15.1 Å². The molecule has 1 fully saturated rings. The summed E-state index contributed by atoms with van der Waals surface area (Å²) in [7, 11) is 0. The van der Waals surface area contributed by atoms with E-state index in [4.69, 9.17) is 0 Å². The van der Waals surface area contributed by atoms with Gasteiger partial charge in [-0.05, 0) is 32.8 Å². The quantitative estimate of drug-likeness (QED) is 0.876. The van der Waals surface area contributed by atoms with Crippen LogP contribution < -0.4 is 10.6 Å². The van der Waals surface area contributed by atoms with Crippen molar-refractivity contribution in [2.24, 2.45) is 0 Å². The molecule has 0 atom stereocenters. The van der Waals surface area contributed by atoms with Gasteiger partial charge >= 0.3 is 6.03 Å². The number of carbonyl (C=O) groups is 1. The van der Waals surface area contributed by atoms with E-state index in [0.717, 1.165) is 24.2 Å². The van der Waals surface area contributed by atoms with Gasteiger partial charge in [0.25, 0.3) is 0 Å². The smallest absolute Gasteiger partial charge is 0.319 e. The Bertz CT molecular complexity index is 750. The molecule has 3 rings (SSSR count). The summed E-state index contributed by atoms with van der Waals surface area (Å²) in [6.45, 7) is 4.07. The minimum atomic E-state index is -0.250. The number of hydrogen-bond donors (Lipinski definition) is 2. The normalized spacial score (nSPS) is 15.2. The Morgan fingerprint density at radius 3 is 2.68 bits per heavy atom. The van der Waals surface area contributed by atoms with Gasteiger partial charge in [-0.15, -0.1) is 0 Å². The average molecular weight is 344 g/mol. The Morgan fingerprint density at radius 2 is 1.96 bits per heavy atom. The molecule has 0 bridgehead atoms. The van der Waals surface area contributed by atoms with E-state index >= 15 is 0 Å². The molecular formula is C19H25FN4O. The van der Waals surface area contributed by atoms with E-state index in [-0.39, 0.29) is 17.9 Å². The van der Waals surface area contributed by atoms with Crippen LogP contribution in [-0.4, -0.2) is 21.9 Å². The molecule has 6 heteroatoms. The molecule has 0 spiro atoms. The minimum absolute atomic E-state index is 0.191. The molecule has 0 unspecified atom stereocenters. The molecule has 1 aromatic heterocycles. The standard InChI is InChI=1S/C19H25FN4O/c1-13-18(22-19(25)21-16-9-4-3-5-10-16)14(2)24(23-13)12-15-8-6-7-11-17(15)20/h6-8,11,16H,3-5,9-10,12H2,1-2H3,(H2,21,22,25). The molecule has 0 aliphatic heterocycles. The molecule has 1 aliphatic rings. The third-order valence-electron chi connectivity index (χ3n) is 4.84. The molecule has 25 heavy (non-hydrogen) atoms. The molecule has 1 aromatic carbocycles. The van der Waals surface area contributed by atoms with Crippen molar-refractivity contribution in [3.05, 3.63) is 47.0 Å². The number of nitrogens with zero attached hydrogens (tertiary/aromatic N) is 2. The van der Waals surface area contributed by atoms with E-state index in [9.17, 15) is 9.18 Å². The highest BCUT2D eigenvalue weighted by atomic mass is 19.1. The van der Waals surface area contributed by atoms with Crippen molar-refractivity contribution in [3.63, 3.8) is 0 Å². The van der Waals surface area contributed by atoms with Gasteiger partial charge in [-0.1, -0.05) is 37.5 Å². The molecule has 134 valence electrons. The number of aryl methyl sites for hydroxylation is 1. The number of amides is 2. The molecule has 2 N–H and O–H groups in total. The molecule has 1 heterocycles. The summed E-state index contributed by atoms with van der Waals surface area (Å²) in [6, 6.07) is 6.72. The Balaban J connectivity index is 1.69. The van der Waals surface area contributed by atoms with Gasteiger partial charge in [0, 0.05) is 11.6 Å². The molecule has 0 saturated heterocycles. The first kappa shape index (κ1) is 17.5. The Labute approximate surface area is 147 Å². The fourth-order valence-electron chi connectivity index (χ4n) is 3.40. The molecule has 1 saturated carbocycles. The number of halogens is 1. The SMILES string of the molecule is Cc1nn(Cc2ccccc2F)c(C)c1NC(=O)NC1CCCCC1. The maximum atomic E-state index is 13.9. The lowest BCUT2D eigenvalue weighted by Crippen LogP contribution is -2.39. The highest BCUT2D eigenvalue weighted by molar-refractivity contribution is 5.90. The third-order valence-corrected chi connectivity index (χ3v) is 4.84. The van der Waals surface area contributed by atoms with Crippen molar-refractivity contribution < 1.29 is 9.18 Å². The lowest BCUT2D eigenvalue weighted by Gasteiger charge is -2.22. The number of anilines is 1. The van der Waals surface area contributed by atoms with E-state index in [0.29, 0.717) is 17.8 Å². The summed E-state index contributed by atoms with van der Waals surface area (Å²) in [5.74, 6) is -0.250. The van der Waals surface area contributed by atoms with Crippen LogP contribution in [-0.2, 0) is 6.54 Å². The van der Waals surface area contributed by atoms with Gasteiger partial charge in [-0.2, -0.15) is 5.10 Å². The number of nitrogens with one attached hydrogen (secondary N) is 2. The van der Waals surface area contributed by atoms with Gasteiger partial charge in [-0.3, -0.25) is 4.68 Å². The van der Waals surface area contributed by atoms with E-state index < -0.39 is 0 Å². The Kier molecular flexibility index (Phi) is 5.36. The second kappa shape index (κ2) is 7.68. The first-order chi connectivity index (χ1) is 12.0. The number of urea groups is 1. The summed E-state index contributed by atoms with van der Waals surface area (Å²) in [6.07, 6.45) is 5.67. The number of benzene rings is 1. The number of hydrogen-bond acceptors (Lipinski definition) is 2. The van der Waals surface area contributed by atoms with Gasteiger partial charge in [0.15, 0.2) is 0 Å². The zero-order valence-electron chi connectivity index (χ0n) is 14.8. The maximum absolute atomic E-state index is 13.9. The topological polar surface area (TPSA) is 59.0 Å². The van der Waals surface area contributed by atoms with Crippen molar-refractivity contribution in [2.75, 3.05) is 5.32 Å². The van der Waals surface area contributed by atoms with E-state index in [1.54, 1.807) is 22.9 Å². The van der Waals surface area contributed by atoms with Crippen LogP contribution >= 0.6 is 0 Å². The van der Waals surface area contributed by atoms with Crippen molar-refractivity contribution in [3.8, 4) is 0 Å². The first-order valence-corrected chi connectivity index (χ1v) is 8.89. The molecule has 2 aromatic rings. The average Bonchev–Trinajstić information content (AvgIpc) is 2.85. The predicted molar refractivity (Wildman–Crippen MR) is 96.2 cm³/mol. The highest BCUT2D eigenvalue weighted by Crippen LogP contribution is 2.22. The largest absolute Gasteiger partial charge is 0.335 e. The van der Waals surface area contributed by atoms with Gasteiger partial charge in [0.1, 0.15) is 5.82 Å². The molecule has 0 radical (unpaired) electrons. The van der Waals surface area contributed by atoms with Gasteiger partial charge in [0.2, 0.25) is 0 Å². The fraction of sp³-hybridized carbons (Fsp3) is 0.474. The number of aromatic nitrogens is 2. The Morgan fingerprint density at radius 1 is 1.24 bits per heavy atom. The van der Waals surface area contributed by atoms with Crippen molar-refractivity contribution >= 4 is 11.7 Å². The lowest BCUT2D eigenvalue weighted by molar-refractivity contribution is 0.244. The zero-order chi connectivity index (χ0) is 17.8. The minimum Gasteiger partial charge on any atom is -0.335 e. The third kappa shape index (κ3) is 4.18. The van der Waals surface area contributed by atoms with Crippen LogP contribution in [0.1, 0.15) is 49.1 Å². The lowest BCUT2D eigenvalue weighted by atomic mass is 9.96. The van der Waals surface area contributed by atoms with E-state index in [2.05, 4.69) is 15.7 Å². The van der Waals surface area contributed by atoms with Gasteiger partial charge in [0.05, 0.1) is 23.6 Å². The number of carbonyl (C=O) groups excluding carboxylic acids is 1. The molecule has 2 amide bonds. The van der Waals surface area contributed by atoms with Crippen LogP contribution in [0, 0.1) is 19.7 Å². The van der Waals surface area contributed by atoms with Crippen LogP contribution in [0.15, 0.2) is 24.3 Å². The molecular weight excluding hydrogens is 319 g/mol. The summed E-state index contributed by atoms with van der Waals surface area (Å²) >= 11 is 0. The summed E-state index contributed by atoms with van der Waals surface area (Å²) in [4.78, 5) is 12.3. The molecule has 5 nitrogen and oxygen atoms in total. The van der Waals surface area contributed by atoms with Crippen LogP contribution in [0.4, 0.5) is 14.9 Å². The van der Waals surface area contributed by atoms with Crippen molar-refractivity contribution in [2.45, 2.75) is 58.5 Å². The zero-order valence-corrected chi connectivity index (χ0v) is 14.8. The van der Waals surface area contributed by atoms with Crippen LogP contribution in [0.3, 0.4) is 0 Å². The first-order valence-electron chi connectivity index (χ1n) is 8.89. The van der Waals surface area contributed by atoms with Gasteiger partial charge in [-0.25, -0.2) is 9.18 Å². The Hall–Kier alpha value is -2.37. The maximum Gasteiger partial charge on any atom is 0.319 e. The van der Waals surface area contributed by atoms with E-state index in [1.165, 1.54) is 25.3 Å². The van der Waals surface area contributed by atoms with Crippen LogP contribution in [0.25, 0.3) is 0 Å². The monoisotopic (exact) mass is 344 g/mol. The summed E-state index contributed by atoms with van der Waals surface area (Å²) in [5, 5.41) is 10.4. The van der Waals surface area contributed by atoms with Crippen molar-refractivity contribution in [1.29, 1.82) is 0 Å². The second-order valence-electron chi connectivity index (χ2n) is 6.73. The van der Waals surface area contributed by atoms with Gasteiger partial charge < -0.3 is 10.6 Å². The van der Waals surface area contributed by atoms with Crippen LogP contribution in [0.2, 0.25) is 0 Å². The molecule has 1 aliphatic carbocycles. The summed E-state index contributed by atoms with van der Waals surface area (Å²) < 4.78 is 15.6. The second-order valence-corrected chi connectivity index (χ2v) is 6.73.